The van der Waals surface area contributed by atoms with E-state index in [1.807, 2.05) is 0 Å². The summed E-state index contributed by atoms with van der Waals surface area (Å²) in [5, 5.41) is 0.512. The second-order valence-electron chi connectivity index (χ2n) is 8.11. The molecular weight excluding hydrogens is 533 g/mol. The van der Waals surface area contributed by atoms with Crippen LogP contribution in [0.3, 0.4) is 0 Å². The van der Waals surface area contributed by atoms with Crippen LogP contribution in [0, 0.1) is 0 Å². The molecule has 2 amide bonds. The van der Waals surface area contributed by atoms with Crippen molar-refractivity contribution in [2.24, 2.45) is 0 Å². The molecule has 0 aromatic heterocycles. The zero-order valence-electron chi connectivity index (χ0n) is 18.2. The quantitative estimate of drug-likeness (QED) is 0.306. The number of anilines is 2. The summed E-state index contributed by atoms with van der Waals surface area (Å²) in [5.74, 6) is -0.724. The van der Waals surface area contributed by atoms with Crippen molar-refractivity contribution in [3.8, 4) is 5.75 Å². The van der Waals surface area contributed by atoms with Gasteiger partial charge in [-0.3, -0.25) is 9.80 Å². The Morgan fingerprint density at radius 2 is 1.36 bits per heavy atom. The molecule has 0 bridgehead atoms. The Balaban J connectivity index is 1.97. The number of rotatable bonds is 4. The van der Waals surface area contributed by atoms with E-state index < -0.39 is 35.9 Å². The van der Waals surface area contributed by atoms with E-state index in [9.17, 15) is 31.1 Å². The number of nitrogens with zero attached hydrogens (tertiary/aromatic N) is 2. The molecule has 0 aliphatic carbocycles. The van der Waals surface area contributed by atoms with Gasteiger partial charge in [0.05, 0.1) is 6.04 Å². The van der Waals surface area contributed by atoms with Crippen molar-refractivity contribution in [3.05, 3.63) is 88.4 Å². The van der Waals surface area contributed by atoms with E-state index in [4.69, 9.17) is 23.2 Å². The lowest BCUT2D eigenvalue weighted by molar-refractivity contribution is -0.274. The van der Waals surface area contributed by atoms with Gasteiger partial charge >= 0.3 is 18.6 Å². The highest BCUT2D eigenvalue weighted by molar-refractivity contribution is 6.31. The first-order valence-corrected chi connectivity index (χ1v) is 11.0. The zero-order valence-corrected chi connectivity index (χ0v) is 19.8. The van der Waals surface area contributed by atoms with Gasteiger partial charge in [0.15, 0.2) is 5.54 Å². The van der Waals surface area contributed by atoms with E-state index in [1.165, 1.54) is 54.6 Å². The molecule has 1 aliphatic rings. The molecule has 12 heteroatoms. The standard InChI is InChI=1S/C24H16Cl2F6N2O2/c1-22(23(27,28)29)20(14-3-2-4-19(13-14)36-24(30,31)32)33(17-9-5-15(25)6-10-17)21(35)34(22)18-11-7-16(26)8-12-18/h2-13,20H,1H3/t20-,22-/m0/s1. The number of alkyl halides is 6. The second kappa shape index (κ2) is 9.08. The largest absolute Gasteiger partial charge is 0.573 e. The minimum Gasteiger partial charge on any atom is -0.406 e. The van der Waals surface area contributed by atoms with E-state index in [2.05, 4.69) is 4.74 Å². The molecule has 0 N–H and O–H groups in total. The first kappa shape index (κ1) is 26.0. The monoisotopic (exact) mass is 548 g/mol. The smallest absolute Gasteiger partial charge is 0.406 e. The first-order valence-electron chi connectivity index (χ1n) is 10.3. The molecule has 1 aliphatic heterocycles. The molecular formula is C24H16Cl2F6N2O2. The normalized spacial score (nSPS) is 20.7. The van der Waals surface area contributed by atoms with Gasteiger partial charge in [0.2, 0.25) is 0 Å². The number of ether oxygens (including phenoxy) is 1. The van der Waals surface area contributed by atoms with Crippen molar-refractivity contribution in [1.29, 1.82) is 0 Å². The van der Waals surface area contributed by atoms with Crippen LogP contribution in [-0.4, -0.2) is 24.1 Å². The number of urea groups is 1. The first-order chi connectivity index (χ1) is 16.7. The number of hydrogen-bond acceptors (Lipinski definition) is 2. The molecule has 0 radical (unpaired) electrons. The summed E-state index contributed by atoms with van der Waals surface area (Å²) in [6.45, 7) is 0.817. The number of hydrogen-bond donors (Lipinski definition) is 0. The maximum absolute atomic E-state index is 14.9. The molecule has 3 aromatic carbocycles. The highest BCUT2D eigenvalue weighted by atomic mass is 35.5. The van der Waals surface area contributed by atoms with Crippen molar-refractivity contribution >= 4 is 40.6 Å². The lowest BCUT2D eigenvalue weighted by atomic mass is 9.85. The lowest BCUT2D eigenvalue weighted by Gasteiger charge is -2.40. The Labute approximate surface area is 211 Å². The Hall–Kier alpha value is -3.11. The topological polar surface area (TPSA) is 32.8 Å². The van der Waals surface area contributed by atoms with Crippen molar-refractivity contribution in [2.45, 2.75) is 31.0 Å². The number of carbonyl (C=O) groups excluding carboxylic acids is 1. The average Bonchev–Trinajstić information content (AvgIpc) is 3.02. The van der Waals surface area contributed by atoms with Crippen molar-refractivity contribution < 1.29 is 35.9 Å². The molecule has 4 nitrogen and oxygen atoms in total. The fraction of sp³-hybridized carbons (Fsp3) is 0.208. The van der Waals surface area contributed by atoms with Crippen LogP contribution in [0.2, 0.25) is 10.0 Å². The Morgan fingerprint density at radius 3 is 1.86 bits per heavy atom. The molecule has 3 aromatic rings. The molecule has 36 heavy (non-hydrogen) atoms. The van der Waals surface area contributed by atoms with E-state index in [1.54, 1.807) is 0 Å². The molecule has 190 valence electrons. The average molecular weight is 549 g/mol. The lowest BCUT2D eigenvalue weighted by Crippen LogP contribution is -2.57. The third-order valence-corrected chi connectivity index (χ3v) is 6.33. The predicted molar refractivity (Wildman–Crippen MR) is 124 cm³/mol. The van der Waals surface area contributed by atoms with Gasteiger partial charge in [0.1, 0.15) is 5.75 Å². The van der Waals surface area contributed by atoms with Crippen molar-refractivity contribution in [1.82, 2.24) is 0 Å². The van der Waals surface area contributed by atoms with Gasteiger partial charge in [-0.25, -0.2) is 4.79 Å². The van der Waals surface area contributed by atoms with Crippen molar-refractivity contribution in [3.63, 3.8) is 0 Å². The summed E-state index contributed by atoms with van der Waals surface area (Å²) in [7, 11) is 0. The summed E-state index contributed by atoms with van der Waals surface area (Å²) in [4.78, 5) is 15.2. The zero-order chi connectivity index (χ0) is 26.5. The van der Waals surface area contributed by atoms with Crippen LogP contribution in [0.1, 0.15) is 18.5 Å². The van der Waals surface area contributed by atoms with Crippen LogP contribution < -0.4 is 14.5 Å². The minimum atomic E-state index is -5.07. The van der Waals surface area contributed by atoms with Gasteiger partial charge in [-0.1, -0.05) is 35.3 Å². The fourth-order valence-electron chi connectivity index (χ4n) is 4.26. The second-order valence-corrected chi connectivity index (χ2v) is 8.98. The Morgan fingerprint density at radius 1 is 0.833 bits per heavy atom. The van der Waals surface area contributed by atoms with Crippen LogP contribution in [-0.2, 0) is 0 Å². The minimum absolute atomic E-state index is 0.0588. The fourth-order valence-corrected chi connectivity index (χ4v) is 4.51. The summed E-state index contributed by atoms with van der Waals surface area (Å²) in [6, 6.07) is 11.9. The third-order valence-electron chi connectivity index (χ3n) is 5.82. The molecule has 0 unspecified atom stereocenters. The van der Waals surface area contributed by atoms with E-state index in [-0.39, 0.29) is 27.0 Å². The Bertz CT molecular complexity index is 1270. The number of carbonyl (C=O) groups is 1. The summed E-state index contributed by atoms with van der Waals surface area (Å²) in [5.41, 5.74) is -3.19. The van der Waals surface area contributed by atoms with E-state index >= 15 is 0 Å². The van der Waals surface area contributed by atoms with Gasteiger partial charge in [-0.15, -0.1) is 13.2 Å². The molecule has 0 saturated carbocycles. The van der Waals surface area contributed by atoms with Crippen LogP contribution in [0.4, 0.5) is 42.5 Å². The molecule has 2 atom stereocenters. The van der Waals surface area contributed by atoms with Gasteiger partial charge in [0.25, 0.3) is 0 Å². The summed E-state index contributed by atoms with van der Waals surface area (Å²) < 4.78 is 87.2. The summed E-state index contributed by atoms with van der Waals surface area (Å²) >= 11 is 11.8. The third kappa shape index (κ3) is 4.67. The number of amides is 2. The van der Waals surface area contributed by atoms with E-state index in [0.717, 1.165) is 30.0 Å². The SMILES string of the molecule is C[C@@]1(C(F)(F)F)[C@H](c2cccc(OC(F)(F)F)c2)N(c2ccc(Cl)cc2)C(=O)N1c1ccc(Cl)cc1. The van der Waals surface area contributed by atoms with E-state index in [0.29, 0.717) is 4.90 Å². The highest BCUT2D eigenvalue weighted by Crippen LogP contribution is 2.55. The van der Waals surface area contributed by atoms with Crippen molar-refractivity contribution in [2.75, 3.05) is 9.80 Å². The molecule has 1 saturated heterocycles. The molecule has 1 fully saturated rings. The Kier molecular flexibility index (Phi) is 6.55. The molecule has 0 spiro atoms. The predicted octanol–water partition coefficient (Wildman–Crippen LogP) is 8.40. The van der Waals surface area contributed by atoms with Gasteiger partial charge in [-0.2, -0.15) is 13.2 Å². The van der Waals surface area contributed by atoms with Crippen LogP contribution in [0.5, 0.6) is 5.75 Å². The maximum atomic E-state index is 14.9. The maximum Gasteiger partial charge on any atom is 0.573 e. The molecule has 4 rings (SSSR count). The highest BCUT2D eigenvalue weighted by Gasteiger charge is 2.69. The summed E-state index contributed by atoms with van der Waals surface area (Å²) in [6.07, 6.45) is -10.1. The van der Waals surface area contributed by atoms with Crippen LogP contribution >= 0.6 is 23.2 Å². The number of benzene rings is 3. The molecule has 1 heterocycles. The number of halogens is 8. The van der Waals surface area contributed by atoms with Crippen LogP contribution in [0.15, 0.2) is 72.8 Å². The van der Waals surface area contributed by atoms with Gasteiger partial charge in [0, 0.05) is 21.4 Å². The van der Waals surface area contributed by atoms with Crippen LogP contribution in [0.25, 0.3) is 0 Å². The van der Waals surface area contributed by atoms with Gasteiger partial charge in [-0.05, 0) is 73.2 Å². The van der Waals surface area contributed by atoms with Gasteiger partial charge < -0.3 is 4.74 Å².